The van der Waals surface area contributed by atoms with Gasteiger partial charge in [-0.2, -0.15) is 9.36 Å². The molecule has 5 heteroatoms. The van der Waals surface area contributed by atoms with E-state index in [2.05, 4.69) is 46.5 Å². The molecule has 0 atom stereocenters. The van der Waals surface area contributed by atoms with Gasteiger partial charge < -0.3 is 5.32 Å². The van der Waals surface area contributed by atoms with E-state index in [1.54, 1.807) is 6.20 Å². The lowest BCUT2D eigenvalue weighted by Gasteiger charge is -2.04. The van der Waals surface area contributed by atoms with Crippen LogP contribution in [0.5, 0.6) is 0 Å². The molecule has 18 heavy (non-hydrogen) atoms. The number of hydrogen-bond donors (Lipinski definition) is 1. The maximum absolute atomic E-state index is 4.49. The number of aromatic nitrogens is 3. The predicted octanol–water partition coefficient (Wildman–Crippen LogP) is 3.23. The molecule has 0 unspecified atom stereocenters. The Bertz CT molecular complexity index is 507. The summed E-state index contributed by atoms with van der Waals surface area (Å²) >= 11 is 1.39. The second-order valence-electron chi connectivity index (χ2n) is 4.56. The molecule has 0 saturated heterocycles. The molecule has 0 saturated carbocycles. The average Bonchev–Trinajstić information content (AvgIpc) is 2.85. The molecule has 0 amide bonds. The summed E-state index contributed by atoms with van der Waals surface area (Å²) in [7, 11) is 0. The fourth-order valence-electron chi connectivity index (χ4n) is 1.61. The van der Waals surface area contributed by atoms with Crippen LogP contribution in [0.1, 0.15) is 26.3 Å². The molecule has 0 fully saturated rings. The van der Waals surface area contributed by atoms with Crippen molar-refractivity contribution in [2.75, 3.05) is 11.9 Å². The van der Waals surface area contributed by atoms with Gasteiger partial charge in [0.15, 0.2) is 5.82 Å². The quantitative estimate of drug-likeness (QED) is 0.898. The van der Waals surface area contributed by atoms with Gasteiger partial charge >= 0.3 is 0 Å². The monoisotopic (exact) mass is 262 g/mol. The molecule has 0 aromatic carbocycles. The van der Waals surface area contributed by atoms with Gasteiger partial charge in [0.05, 0.1) is 0 Å². The van der Waals surface area contributed by atoms with Crippen LogP contribution in [-0.4, -0.2) is 20.9 Å². The number of rotatable bonds is 5. The van der Waals surface area contributed by atoms with E-state index in [1.165, 1.54) is 17.1 Å². The van der Waals surface area contributed by atoms with E-state index in [0.29, 0.717) is 5.92 Å². The third-order valence-electron chi connectivity index (χ3n) is 2.57. The first kappa shape index (κ1) is 13.0. The molecule has 0 radical (unpaired) electrons. The largest absolute Gasteiger partial charge is 0.360 e. The number of nitrogens with one attached hydrogen (secondary N) is 1. The zero-order chi connectivity index (χ0) is 13.0. The molecule has 0 bridgehead atoms. The molecular weight excluding hydrogens is 244 g/mol. The van der Waals surface area contributed by atoms with Crippen LogP contribution in [0, 0.1) is 5.92 Å². The molecule has 2 aromatic rings. The van der Waals surface area contributed by atoms with E-state index >= 15 is 0 Å². The van der Waals surface area contributed by atoms with Gasteiger partial charge in [0, 0.05) is 24.3 Å². The van der Waals surface area contributed by atoms with Crippen molar-refractivity contribution in [1.82, 2.24) is 14.3 Å². The Labute approximate surface area is 112 Å². The van der Waals surface area contributed by atoms with E-state index in [9.17, 15) is 0 Å². The molecule has 2 aromatic heterocycles. The third kappa shape index (κ3) is 3.04. The van der Waals surface area contributed by atoms with Crippen molar-refractivity contribution in [1.29, 1.82) is 0 Å². The minimum atomic E-state index is 0.596. The molecule has 2 rings (SSSR count). The van der Waals surface area contributed by atoms with Gasteiger partial charge in [-0.3, -0.25) is 4.98 Å². The van der Waals surface area contributed by atoms with Crippen molar-refractivity contribution >= 4 is 16.7 Å². The van der Waals surface area contributed by atoms with Gasteiger partial charge in [0.1, 0.15) is 5.69 Å². The number of nitrogens with zero attached hydrogens (tertiary/aromatic N) is 3. The Morgan fingerprint density at radius 3 is 2.94 bits per heavy atom. The highest BCUT2D eigenvalue weighted by Crippen LogP contribution is 2.22. The molecule has 0 aliphatic carbocycles. The van der Waals surface area contributed by atoms with E-state index in [-0.39, 0.29) is 0 Å². The topological polar surface area (TPSA) is 50.7 Å². The van der Waals surface area contributed by atoms with Crippen LogP contribution in [0.15, 0.2) is 18.3 Å². The van der Waals surface area contributed by atoms with Gasteiger partial charge in [-0.05, 0) is 24.0 Å². The van der Waals surface area contributed by atoms with E-state index in [0.717, 1.165) is 29.6 Å². The van der Waals surface area contributed by atoms with Gasteiger partial charge in [0.2, 0.25) is 5.13 Å². The highest BCUT2D eigenvalue weighted by Gasteiger charge is 2.11. The molecule has 0 aliphatic rings. The fourth-order valence-corrected chi connectivity index (χ4v) is 2.18. The fraction of sp³-hybridized carbons (Fsp3) is 0.462. The van der Waals surface area contributed by atoms with Gasteiger partial charge in [0.25, 0.3) is 0 Å². The first-order valence-corrected chi connectivity index (χ1v) is 7.00. The van der Waals surface area contributed by atoms with E-state index in [1.807, 2.05) is 6.07 Å². The average molecular weight is 262 g/mol. The summed E-state index contributed by atoms with van der Waals surface area (Å²) in [6.07, 6.45) is 2.73. The first-order valence-electron chi connectivity index (χ1n) is 6.22. The predicted molar refractivity (Wildman–Crippen MR) is 75.8 cm³/mol. The summed E-state index contributed by atoms with van der Waals surface area (Å²) < 4.78 is 4.38. The SMILES string of the molecule is CCc1cccnc1-c1nsc(NCC(C)C)n1. The van der Waals surface area contributed by atoms with Gasteiger partial charge in [-0.25, -0.2) is 0 Å². The molecule has 0 spiro atoms. The van der Waals surface area contributed by atoms with Crippen molar-refractivity contribution in [2.45, 2.75) is 27.2 Å². The highest BCUT2D eigenvalue weighted by atomic mass is 32.1. The van der Waals surface area contributed by atoms with Crippen LogP contribution in [-0.2, 0) is 6.42 Å². The van der Waals surface area contributed by atoms with Crippen LogP contribution in [0.25, 0.3) is 11.5 Å². The van der Waals surface area contributed by atoms with Crippen LogP contribution in [0.2, 0.25) is 0 Å². The molecule has 0 aliphatic heterocycles. The Hall–Kier alpha value is -1.49. The lowest BCUT2D eigenvalue weighted by atomic mass is 10.1. The van der Waals surface area contributed by atoms with Crippen molar-refractivity contribution in [3.63, 3.8) is 0 Å². The Kier molecular flexibility index (Phi) is 4.25. The second-order valence-corrected chi connectivity index (χ2v) is 5.31. The number of hydrogen-bond acceptors (Lipinski definition) is 5. The van der Waals surface area contributed by atoms with E-state index < -0.39 is 0 Å². The molecular formula is C13H18N4S. The third-order valence-corrected chi connectivity index (χ3v) is 3.24. The number of aryl methyl sites for hydroxylation is 1. The Morgan fingerprint density at radius 2 is 2.22 bits per heavy atom. The summed E-state index contributed by atoms with van der Waals surface area (Å²) in [6, 6.07) is 4.03. The minimum absolute atomic E-state index is 0.596. The summed E-state index contributed by atoms with van der Waals surface area (Å²) in [6.45, 7) is 7.37. The maximum atomic E-state index is 4.49. The Balaban J connectivity index is 2.18. The zero-order valence-electron chi connectivity index (χ0n) is 11.0. The molecule has 2 heterocycles. The smallest absolute Gasteiger partial charge is 0.202 e. The second kappa shape index (κ2) is 5.91. The zero-order valence-corrected chi connectivity index (χ0v) is 11.8. The van der Waals surface area contributed by atoms with Crippen LogP contribution < -0.4 is 5.32 Å². The van der Waals surface area contributed by atoms with Crippen molar-refractivity contribution in [2.24, 2.45) is 5.92 Å². The minimum Gasteiger partial charge on any atom is -0.360 e. The standard InChI is InChI=1S/C13H18N4S/c1-4-10-6-5-7-14-11(10)12-16-13(18-17-12)15-8-9(2)3/h5-7,9H,4,8H2,1-3H3,(H,15,16,17). The van der Waals surface area contributed by atoms with Gasteiger partial charge in [-0.15, -0.1) is 0 Å². The van der Waals surface area contributed by atoms with Crippen LogP contribution >= 0.6 is 11.5 Å². The summed E-state index contributed by atoms with van der Waals surface area (Å²) in [5.74, 6) is 1.32. The summed E-state index contributed by atoms with van der Waals surface area (Å²) in [5.41, 5.74) is 2.08. The Morgan fingerprint density at radius 1 is 1.39 bits per heavy atom. The van der Waals surface area contributed by atoms with Crippen molar-refractivity contribution < 1.29 is 0 Å². The summed E-state index contributed by atoms with van der Waals surface area (Å²) in [5, 5.41) is 4.16. The maximum Gasteiger partial charge on any atom is 0.202 e. The van der Waals surface area contributed by atoms with Crippen molar-refractivity contribution in [3.05, 3.63) is 23.9 Å². The number of anilines is 1. The van der Waals surface area contributed by atoms with Crippen LogP contribution in [0.3, 0.4) is 0 Å². The van der Waals surface area contributed by atoms with Crippen LogP contribution in [0.4, 0.5) is 5.13 Å². The highest BCUT2D eigenvalue weighted by molar-refractivity contribution is 7.09. The molecule has 96 valence electrons. The first-order chi connectivity index (χ1) is 8.70. The number of pyridine rings is 1. The normalized spacial score (nSPS) is 10.9. The van der Waals surface area contributed by atoms with Crippen molar-refractivity contribution in [3.8, 4) is 11.5 Å². The lowest BCUT2D eigenvalue weighted by molar-refractivity contribution is 0.688. The molecule has 1 N–H and O–H groups in total. The lowest BCUT2D eigenvalue weighted by Crippen LogP contribution is -2.07. The van der Waals surface area contributed by atoms with Gasteiger partial charge in [-0.1, -0.05) is 26.8 Å². The summed E-state index contributed by atoms with van der Waals surface area (Å²) in [4.78, 5) is 8.88. The van der Waals surface area contributed by atoms with E-state index in [4.69, 9.17) is 0 Å². The molecule has 4 nitrogen and oxygen atoms in total.